The van der Waals surface area contributed by atoms with Gasteiger partial charge in [-0.2, -0.15) is 0 Å². The van der Waals surface area contributed by atoms with Crippen molar-refractivity contribution in [2.24, 2.45) is 0 Å². The molecule has 3 aromatic carbocycles. The van der Waals surface area contributed by atoms with Crippen LogP contribution in [0.2, 0.25) is 0 Å². The van der Waals surface area contributed by atoms with Gasteiger partial charge in [-0.15, -0.1) is 23.1 Å². The van der Waals surface area contributed by atoms with Crippen LogP contribution in [0.4, 0.5) is 17.1 Å². The summed E-state index contributed by atoms with van der Waals surface area (Å²) in [6.45, 7) is 1.91. The van der Waals surface area contributed by atoms with Crippen molar-refractivity contribution in [1.82, 2.24) is 0 Å². The maximum atomic E-state index is 13.5. The molecule has 0 bridgehead atoms. The number of thioether (sulfide) groups is 1. The van der Waals surface area contributed by atoms with Gasteiger partial charge < -0.3 is 5.32 Å². The molecule has 4 aromatic rings. The second-order valence-electron chi connectivity index (χ2n) is 7.06. The van der Waals surface area contributed by atoms with Crippen molar-refractivity contribution in [2.45, 2.75) is 17.1 Å². The SMILES string of the molecule is CC(Sc1cccc(NC(=O)c2cccs2)c1)C(=O)N(c1ccccc1)c1ccccc1. The van der Waals surface area contributed by atoms with Crippen LogP contribution in [0.3, 0.4) is 0 Å². The van der Waals surface area contributed by atoms with Gasteiger partial charge in [0.15, 0.2) is 0 Å². The summed E-state index contributed by atoms with van der Waals surface area (Å²) in [5.41, 5.74) is 2.36. The van der Waals surface area contributed by atoms with Crippen LogP contribution in [0, 0.1) is 0 Å². The van der Waals surface area contributed by atoms with Crippen molar-refractivity contribution in [3.8, 4) is 0 Å². The summed E-state index contributed by atoms with van der Waals surface area (Å²) in [6, 6.07) is 30.5. The first-order valence-corrected chi connectivity index (χ1v) is 11.9. The summed E-state index contributed by atoms with van der Waals surface area (Å²) in [5, 5.41) is 4.46. The Bertz CT molecular complexity index is 1140. The third-order valence-corrected chi connectivity index (χ3v) is 6.70. The predicted molar refractivity (Wildman–Crippen MR) is 134 cm³/mol. The number of benzene rings is 3. The van der Waals surface area contributed by atoms with Crippen molar-refractivity contribution in [3.63, 3.8) is 0 Å². The predicted octanol–water partition coefficient (Wildman–Crippen LogP) is 6.85. The molecule has 1 unspecified atom stereocenters. The van der Waals surface area contributed by atoms with E-state index < -0.39 is 0 Å². The Morgan fingerprint density at radius 1 is 0.844 bits per heavy atom. The minimum Gasteiger partial charge on any atom is -0.321 e. The normalized spacial score (nSPS) is 11.5. The van der Waals surface area contributed by atoms with Crippen LogP contribution in [0.25, 0.3) is 0 Å². The van der Waals surface area contributed by atoms with E-state index in [4.69, 9.17) is 0 Å². The first-order chi connectivity index (χ1) is 15.6. The van der Waals surface area contributed by atoms with Gasteiger partial charge in [-0.25, -0.2) is 0 Å². The van der Waals surface area contributed by atoms with E-state index in [0.717, 1.165) is 16.3 Å². The molecule has 1 aromatic heterocycles. The van der Waals surface area contributed by atoms with Gasteiger partial charge in [0.1, 0.15) is 0 Å². The number of carbonyl (C=O) groups excluding carboxylic acids is 2. The van der Waals surface area contributed by atoms with E-state index in [0.29, 0.717) is 10.6 Å². The first kappa shape index (κ1) is 21.9. The largest absolute Gasteiger partial charge is 0.321 e. The molecule has 160 valence electrons. The van der Waals surface area contributed by atoms with E-state index in [1.165, 1.54) is 23.1 Å². The average Bonchev–Trinajstić information content (AvgIpc) is 3.36. The zero-order chi connectivity index (χ0) is 22.3. The maximum absolute atomic E-state index is 13.5. The summed E-state index contributed by atoms with van der Waals surface area (Å²) >= 11 is 2.87. The van der Waals surface area contributed by atoms with Crippen molar-refractivity contribution in [1.29, 1.82) is 0 Å². The van der Waals surface area contributed by atoms with Crippen molar-refractivity contribution >= 4 is 52.0 Å². The van der Waals surface area contributed by atoms with Crippen LogP contribution in [-0.2, 0) is 4.79 Å². The summed E-state index contributed by atoms with van der Waals surface area (Å²) in [6.07, 6.45) is 0. The van der Waals surface area contributed by atoms with E-state index in [2.05, 4.69) is 5.32 Å². The standard InChI is InChI=1S/C26H22N2O2S2/c1-19(26(30)28(21-11-4-2-5-12-21)22-13-6-3-7-14-22)32-23-15-8-10-20(18-23)27-25(29)24-16-9-17-31-24/h2-19H,1H3,(H,27,29). The fourth-order valence-electron chi connectivity index (χ4n) is 3.24. The monoisotopic (exact) mass is 458 g/mol. The number of rotatable bonds is 7. The molecule has 0 aliphatic heterocycles. The van der Waals surface area contributed by atoms with Crippen LogP contribution < -0.4 is 10.2 Å². The molecule has 32 heavy (non-hydrogen) atoms. The number of hydrogen-bond donors (Lipinski definition) is 1. The zero-order valence-electron chi connectivity index (χ0n) is 17.5. The lowest BCUT2D eigenvalue weighted by molar-refractivity contribution is -0.117. The number of para-hydroxylation sites is 2. The van der Waals surface area contributed by atoms with Crippen LogP contribution >= 0.6 is 23.1 Å². The molecular weight excluding hydrogens is 436 g/mol. The molecule has 2 amide bonds. The van der Waals surface area contributed by atoms with Crippen LogP contribution in [-0.4, -0.2) is 17.1 Å². The molecule has 0 saturated carbocycles. The number of thiophene rings is 1. The Balaban J connectivity index is 1.51. The molecule has 0 aliphatic carbocycles. The third-order valence-electron chi connectivity index (χ3n) is 4.75. The molecular formula is C26H22N2O2S2. The van der Waals surface area contributed by atoms with E-state index in [-0.39, 0.29) is 17.1 Å². The summed E-state index contributed by atoms with van der Waals surface area (Å²) in [4.78, 5) is 29.2. The van der Waals surface area contributed by atoms with Gasteiger partial charge in [-0.05, 0) is 60.8 Å². The molecule has 4 nitrogen and oxygen atoms in total. The topological polar surface area (TPSA) is 49.4 Å². The number of amides is 2. The van der Waals surface area contributed by atoms with Crippen LogP contribution in [0.5, 0.6) is 0 Å². The fourth-order valence-corrected chi connectivity index (χ4v) is 4.83. The molecule has 0 aliphatic rings. The molecule has 0 saturated heterocycles. The van der Waals surface area contributed by atoms with E-state index in [9.17, 15) is 9.59 Å². The average molecular weight is 459 g/mol. The Kier molecular flexibility index (Phi) is 7.04. The lowest BCUT2D eigenvalue weighted by Crippen LogP contribution is -2.32. The Labute approximate surface area is 195 Å². The highest BCUT2D eigenvalue weighted by Gasteiger charge is 2.24. The highest BCUT2D eigenvalue weighted by molar-refractivity contribution is 8.00. The summed E-state index contributed by atoms with van der Waals surface area (Å²) < 4.78 is 0. The van der Waals surface area contributed by atoms with Crippen molar-refractivity contribution in [3.05, 3.63) is 107 Å². The summed E-state index contributed by atoms with van der Waals surface area (Å²) in [7, 11) is 0. The maximum Gasteiger partial charge on any atom is 0.265 e. The summed E-state index contributed by atoms with van der Waals surface area (Å²) in [5.74, 6) is -0.147. The quantitative estimate of drug-likeness (QED) is 0.308. The molecule has 0 spiro atoms. The van der Waals surface area contributed by atoms with Gasteiger partial charge in [0.2, 0.25) is 5.91 Å². The first-order valence-electron chi connectivity index (χ1n) is 10.2. The van der Waals surface area contributed by atoms with Gasteiger partial charge >= 0.3 is 0 Å². The second kappa shape index (κ2) is 10.3. The fraction of sp³-hybridized carbons (Fsp3) is 0.0769. The number of carbonyl (C=O) groups is 2. The third kappa shape index (κ3) is 5.28. The van der Waals surface area contributed by atoms with E-state index in [1.807, 2.05) is 103 Å². The molecule has 1 atom stereocenters. The smallest absolute Gasteiger partial charge is 0.265 e. The molecule has 0 fully saturated rings. The molecule has 4 rings (SSSR count). The number of hydrogen-bond acceptors (Lipinski definition) is 4. The molecule has 1 heterocycles. The van der Waals surface area contributed by atoms with Gasteiger partial charge in [0, 0.05) is 22.0 Å². The number of nitrogens with zero attached hydrogens (tertiary/aromatic N) is 1. The Morgan fingerprint density at radius 2 is 1.50 bits per heavy atom. The number of nitrogens with one attached hydrogen (secondary N) is 1. The minimum absolute atomic E-state index is 0.0135. The molecule has 6 heteroatoms. The second-order valence-corrected chi connectivity index (χ2v) is 9.43. The Morgan fingerprint density at radius 3 is 2.09 bits per heavy atom. The van der Waals surface area contributed by atoms with Crippen molar-refractivity contribution in [2.75, 3.05) is 10.2 Å². The van der Waals surface area contributed by atoms with Gasteiger partial charge in [0.25, 0.3) is 5.91 Å². The molecule has 0 radical (unpaired) electrons. The van der Waals surface area contributed by atoms with E-state index in [1.54, 1.807) is 11.0 Å². The highest BCUT2D eigenvalue weighted by atomic mass is 32.2. The number of anilines is 3. The van der Waals surface area contributed by atoms with Gasteiger partial charge in [-0.1, -0.05) is 48.5 Å². The minimum atomic E-state index is -0.335. The lowest BCUT2D eigenvalue weighted by Gasteiger charge is -2.26. The Hall–Kier alpha value is -3.35. The highest BCUT2D eigenvalue weighted by Crippen LogP contribution is 2.32. The van der Waals surface area contributed by atoms with E-state index >= 15 is 0 Å². The van der Waals surface area contributed by atoms with Crippen LogP contribution in [0.1, 0.15) is 16.6 Å². The van der Waals surface area contributed by atoms with Crippen molar-refractivity contribution < 1.29 is 9.59 Å². The van der Waals surface area contributed by atoms with Gasteiger partial charge in [-0.3, -0.25) is 14.5 Å². The lowest BCUT2D eigenvalue weighted by atomic mass is 10.2. The van der Waals surface area contributed by atoms with Crippen LogP contribution in [0.15, 0.2) is 107 Å². The van der Waals surface area contributed by atoms with Gasteiger partial charge in [0.05, 0.1) is 10.1 Å². The zero-order valence-corrected chi connectivity index (χ0v) is 19.1. The molecule has 1 N–H and O–H groups in total.